The van der Waals surface area contributed by atoms with Gasteiger partial charge in [-0.1, -0.05) is 6.07 Å². The van der Waals surface area contributed by atoms with Gasteiger partial charge in [-0.2, -0.15) is 5.26 Å². The Hall–Kier alpha value is -2.79. The Morgan fingerprint density at radius 1 is 0.970 bits per heavy atom. The molecule has 0 aliphatic carbocycles. The molecule has 2 aliphatic rings. The highest BCUT2D eigenvalue weighted by Crippen LogP contribution is 2.32. The lowest BCUT2D eigenvalue weighted by Crippen LogP contribution is -2.36. The molecule has 3 atom stereocenters. The van der Waals surface area contributed by atoms with E-state index in [1.54, 1.807) is 38.5 Å². The molecule has 2 saturated heterocycles. The average molecular weight is 452 g/mol. The van der Waals surface area contributed by atoms with Crippen LogP contribution in [0.1, 0.15) is 11.1 Å². The minimum absolute atomic E-state index is 0.259. The Kier molecular flexibility index (Phi) is 7.71. The maximum absolute atomic E-state index is 10.4. The number of hydrogen-bond donors (Lipinski definition) is 1. The maximum atomic E-state index is 10.4. The van der Waals surface area contributed by atoms with E-state index >= 15 is 0 Å². The third-order valence-electron chi connectivity index (χ3n) is 6.70. The fraction of sp³-hybridized carbons (Fsp3) is 0.500. The van der Waals surface area contributed by atoms with E-state index in [9.17, 15) is 5.11 Å². The Balaban J connectivity index is 1.17. The van der Waals surface area contributed by atoms with Gasteiger partial charge in [-0.05, 0) is 60.2 Å². The predicted octanol–water partition coefficient (Wildman–Crippen LogP) is 2.42. The number of β-amino-alcohol motifs (C(OH)–C–C–N with tert-alkyl or cyclic N) is 1. The van der Waals surface area contributed by atoms with Gasteiger partial charge in [-0.3, -0.25) is 4.90 Å². The summed E-state index contributed by atoms with van der Waals surface area (Å²) in [4.78, 5) is 4.93. The summed E-state index contributed by atoms with van der Waals surface area (Å²) < 4.78 is 16.4. The summed E-state index contributed by atoms with van der Waals surface area (Å²) in [5, 5.41) is 19.3. The van der Waals surface area contributed by atoms with Crippen molar-refractivity contribution in [3.63, 3.8) is 0 Å². The SMILES string of the molecule is COc1ccc(CCN2CC3CN(C[C@@H](O)COc4ccc(C#N)cc4)CC3C2)cc1OC. The molecular formula is C26H33N3O4. The third-order valence-corrected chi connectivity index (χ3v) is 6.70. The first-order valence-electron chi connectivity index (χ1n) is 11.5. The van der Waals surface area contributed by atoms with Crippen LogP contribution in [0.3, 0.4) is 0 Å². The van der Waals surface area contributed by atoms with Gasteiger partial charge in [0.15, 0.2) is 11.5 Å². The van der Waals surface area contributed by atoms with E-state index in [1.807, 2.05) is 6.07 Å². The Labute approximate surface area is 196 Å². The second kappa shape index (κ2) is 10.9. The standard InChI is InChI=1S/C26H33N3O4/c1-31-25-8-5-19(11-26(25)32-2)9-10-28-13-21-15-29(16-22(21)14-28)17-23(30)18-33-24-6-3-20(12-27)4-7-24/h3-8,11,21-23,30H,9-10,13-18H2,1-2H3/t21?,22?,23-/m1/s1. The van der Waals surface area contributed by atoms with E-state index in [1.165, 1.54) is 5.56 Å². The van der Waals surface area contributed by atoms with Crippen LogP contribution in [0.2, 0.25) is 0 Å². The highest BCUT2D eigenvalue weighted by Gasteiger charge is 2.39. The number of aliphatic hydroxyl groups is 1. The van der Waals surface area contributed by atoms with E-state index in [-0.39, 0.29) is 6.61 Å². The molecule has 7 heteroatoms. The Morgan fingerprint density at radius 2 is 1.64 bits per heavy atom. The molecule has 2 aliphatic heterocycles. The number of fused-ring (bicyclic) bond motifs is 1. The smallest absolute Gasteiger partial charge is 0.160 e. The largest absolute Gasteiger partial charge is 0.493 e. The number of nitriles is 1. The zero-order valence-electron chi connectivity index (χ0n) is 19.4. The van der Waals surface area contributed by atoms with Gasteiger partial charge in [0.2, 0.25) is 0 Å². The third kappa shape index (κ3) is 5.97. The molecule has 33 heavy (non-hydrogen) atoms. The van der Waals surface area contributed by atoms with E-state index in [0.717, 1.165) is 50.6 Å². The van der Waals surface area contributed by atoms with Gasteiger partial charge >= 0.3 is 0 Å². The van der Waals surface area contributed by atoms with Crippen LogP contribution in [-0.4, -0.2) is 81.1 Å². The fourth-order valence-electron chi connectivity index (χ4n) is 5.01. The summed E-state index contributed by atoms with van der Waals surface area (Å²) in [5.74, 6) is 3.56. The van der Waals surface area contributed by atoms with Crippen molar-refractivity contribution in [2.45, 2.75) is 12.5 Å². The monoisotopic (exact) mass is 451 g/mol. The van der Waals surface area contributed by atoms with Crippen molar-refractivity contribution in [2.24, 2.45) is 11.8 Å². The number of likely N-dealkylation sites (tertiary alicyclic amines) is 2. The molecule has 0 aromatic heterocycles. The number of hydrogen-bond acceptors (Lipinski definition) is 7. The van der Waals surface area contributed by atoms with Gasteiger partial charge in [0.1, 0.15) is 18.5 Å². The zero-order chi connectivity index (χ0) is 23.2. The summed E-state index contributed by atoms with van der Waals surface area (Å²) in [6, 6.07) is 15.2. The van der Waals surface area contributed by atoms with E-state index in [0.29, 0.717) is 29.7 Å². The van der Waals surface area contributed by atoms with Gasteiger partial charge in [0.25, 0.3) is 0 Å². The molecule has 4 rings (SSSR count). The van der Waals surface area contributed by atoms with Crippen LogP contribution in [0.25, 0.3) is 0 Å². The summed E-state index contributed by atoms with van der Waals surface area (Å²) >= 11 is 0. The number of benzene rings is 2. The number of rotatable bonds is 10. The molecular weight excluding hydrogens is 418 g/mol. The lowest BCUT2D eigenvalue weighted by atomic mass is 10.0. The van der Waals surface area contributed by atoms with Crippen molar-refractivity contribution < 1.29 is 19.3 Å². The van der Waals surface area contributed by atoms with Crippen molar-refractivity contribution in [3.8, 4) is 23.3 Å². The van der Waals surface area contributed by atoms with Crippen LogP contribution in [-0.2, 0) is 6.42 Å². The molecule has 0 saturated carbocycles. The molecule has 2 aromatic rings. The molecule has 176 valence electrons. The Bertz CT molecular complexity index is 945. The number of nitrogens with zero attached hydrogens (tertiary/aromatic N) is 3. The van der Waals surface area contributed by atoms with E-state index < -0.39 is 6.10 Å². The van der Waals surface area contributed by atoms with Crippen molar-refractivity contribution in [3.05, 3.63) is 53.6 Å². The molecule has 2 aromatic carbocycles. The van der Waals surface area contributed by atoms with E-state index in [2.05, 4.69) is 28.0 Å². The van der Waals surface area contributed by atoms with Crippen molar-refractivity contribution in [1.82, 2.24) is 9.80 Å². The van der Waals surface area contributed by atoms with Gasteiger partial charge in [-0.25, -0.2) is 0 Å². The first kappa shape index (κ1) is 23.4. The lowest BCUT2D eigenvalue weighted by Gasteiger charge is -2.23. The first-order chi connectivity index (χ1) is 16.1. The van der Waals surface area contributed by atoms with Crippen molar-refractivity contribution in [1.29, 1.82) is 5.26 Å². The van der Waals surface area contributed by atoms with Crippen LogP contribution in [0.15, 0.2) is 42.5 Å². The minimum atomic E-state index is -0.527. The van der Waals surface area contributed by atoms with Crippen LogP contribution in [0.5, 0.6) is 17.2 Å². The number of methoxy groups -OCH3 is 2. The van der Waals surface area contributed by atoms with Crippen LogP contribution in [0, 0.1) is 23.2 Å². The van der Waals surface area contributed by atoms with Crippen LogP contribution in [0.4, 0.5) is 0 Å². The van der Waals surface area contributed by atoms with Crippen LogP contribution >= 0.6 is 0 Å². The zero-order valence-corrected chi connectivity index (χ0v) is 19.4. The molecule has 7 nitrogen and oxygen atoms in total. The second-order valence-electron chi connectivity index (χ2n) is 9.04. The van der Waals surface area contributed by atoms with Gasteiger partial charge < -0.3 is 24.2 Å². The lowest BCUT2D eigenvalue weighted by molar-refractivity contribution is 0.0721. The molecule has 0 spiro atoms. The molecule has 0 bridgehead atoms. The molecule has 2 heterocycles. The Morgan fingerprint density at radius 3 is 2.27 bits per heavy atom. The highest BCUT2D eigenvalue weighted by molar-refractivity contribution is 5.43. The quantitative estimate of drug-likeness (QED) is 0.594. The summed E-state index contributed by atoms with van der Waals surface area (Å²) in [6.45, 7) is 6.24. The second-order valence-corrected chi connectivity index (χ2v) is 9.04. The molecule has 0 amide bonds. The predicted molar refractivity (Wildman–Crippen MR) is 126 cm³/mol. The van der Waals surface area contributed by atoms with Crippen molar-refractivity contribution in [2.75, 3.05) is 60.1 Å². The highest BCUT2D eigenvalue weighted by atomic mass is 16.5. The maximum Gasteiger partial charge on any atom is 0.160 e. The molecule has 0 radical (unpaired) electrons. The van der Waals surface area contributed by atoms with Crippen molar-refractivity contribution >= 4 is 0 Å². The average Bonchev–Trinajstić information content (AvgIpc) is 3.39. The van der Waals surface area contributed by atoms with Gasteiger partial charge in [0, 0.05) is 39.3 Å². The molecule has 2 fully saturated rings. The normalized spacial score (nSPS) is 21.4. The van der Waals surface area contributed by atoms with E-state index in [4.69, 9.17) is 19.5 Å². The fourth-order valence-corrected chi connectivity index (χ4v) is 5.01. The molecule has 2 unspecified atom stereocenters. The number of aliphatic hydroxyl groups excluding tert-OH is 1. The van der Waals surface area contributed by atoms with Gasteiger partial charge in [-0.15, -0.1) is 0 Å². The first-order valence-corrected chi connectivity index (χ1v) is 11.5. The number of ether oxygens (including phenoxy) is 3. The van der Waals surface area contributed by atoms with Gasteiger partial charge in [0.05, 0.1) is 25.9 Å². The summed E-state index contributed by atoms with van der Waals surface area (Å²) in [6.07, 6.45) is 0.468. The molecule has 1 N–H and O–H groups in total. The summed E-state index contributed by atoms with van der Waals surface area (Å²) in [7, 11) is 3.33. The topological polar surface area (TPSA) is 78.2 Å². The van der Waals surface area contributed by atoms with Crippen LogP contribution < -0.4 is 14.2 Å². The minimum Gasteiger partial charge on any atom is -0.493 e. The summed E-state index contributed by atoms with van der Waals surface area (Å²) in [5.41, 5.74) is 1.86.